The fourth-order valence-corrected chi connectivity index (χ4v) is 6.53. The molecule has 0 aromatic carbocycles. The molecular weight excluding hydrogens is 580 g/mol. The molecule has 2 aromatic rings. The van der Waals surface area contributed by atoms with Gasteiger partial charge in [-0.3, -0.25) is 19.2 Å². The summed E-state index contributed by atoms with van der Waals surface area (Å²) in [7, 11) is 3.14. The summed E-state index contributed by atoms with van der Waals surface area (Å²) in [5.41, 5.74) is 3.59. The number of aryl methyl sites for hydroxylation is 1. The van der Waals surface area contributed by atoms with Crippen LogP contribution >= 0.6 is 11.3 Å². The topological polar surface area (TPSA) is 131 Å². The highest BCUT2D eigenvalue weighted by atomic mass is 32.1. The average molecular weight is 629 g/mol. The summed E-state index contributed by atoms with van der Waals surface area (Å²) in [6.45, 7) is 11.2. The number of esters is 2. The first-order valence-corrected chi connectivity index (χ1v) is 16.3. The molecule has 2 amide bonds. The van der Waals surface area contributed by atoms with Crippen LogP contribution in [-0.4, -0.2) is 64.9 Å². The Hall–Kier alpha value is -3.47. The van der Waals surface area contributed by atoms with E-state index in [1.807, 2.05) is 33.9 Å². The van der Waals surface area contributed by atoms with Gasteiger partial charge in [0.2, 0.25) is 5.91 Å². The predicted octanol–water partition coefficient (Wildman–Crippen LogP) is 5.49. The summed E-state index contributed by atoms with van der Waals surface area (Å²) < 4.78 is 10.6. The maximum Gasteiger partial charge on any atom is 0.308 e. The van der Waals surface area contributed by atoms with E-state index < -0.39 is 18.0 Å². The number of amides is 2. The van der Waals surface area contributed by atoms with Crippen LogP contribution in [0.2, 0.25) is 0 Å². The molecule has 0 saturated heterocycles. The molecule has 2 N–H and O–H groups in total. The lowest BCUT2D eigenvalue weighted by molar-refractivity contribution is -0.148. The number of H-pyrrole nitrogens is 1. The van der Waals surface area contributed by atoms with E-state index in [1.54, 1.807) is 24.3 Å². The summed E-state index contributed by atoms with van der Waals surface area (Å²) in [5, 5.41) is 5.23. The summed E-state index contributed by atoms with van der Waals surface area (Å²) >= 11 is 1.25. The molecule has 2 heterocycles. The van der Waals surface area contributed by atoms with Crippen LogP contribution in [0.5, 0.6) is 0 Å². The molecule has 1 aliphatic carbocycles. The minimum Gasteiger partial charge on any atom is -0.469 e. The van der Waals surface area contributed by atoms with Crippen LogP contribution in [0.3, 0.4) is 0 Å². The Balaban J connectivity index is 1.81. The van der Waals surface area contributed by atoms with Gasteiger partial charge >= 0.3 is 11.9 Å². The quantitative estimate of drug-likeness (QED) is 0.249. The molecule has 4 unspecified atom stereocenters. The van der Waals surface area contributed by atoms with Gasteiger partial charge in [-0.05, 0) is 48.6 Å². The van der Waals surface area contributed by atoms with Crippen molar-refractivity contribution in [3.8, 4) is 0 Å². The zero-order chi connectivity index (χ0) is 32.6. The van der Waals surface area contributed by atoms with Gasteiger partial charge in [0.1, 0.15) is 10.7 Å². The molecule has 0 aliphatic heterocycles. The van der Waals surface area contributed by atoms with Gasteiger partial charge in [0.05, 0.1) is 13.0 Å². The average Bonchev–Trinajstić information content (AvgIpc) is 3.61. The van der Waals surface area contributed by atoms with Crippen molar-refractivity contribution >= 4 is 41.2 Å². The van der Waals surface area contributed by atoms with Gasteiger partial charge in [0.25, 0.3) is 5.91 Å². The molecular formula is C33H48N4O6S. The van der Waals surface area contributed by atoms with E-state index in [-0.39, 0.29) is 47.4 Å². The van der Waals surface area contributed by atoms with Crippen LogP contribution in [0.25, 0.3) is 6.08 Å². The molecule has 242 valence electrons. The number of hydrogen-bond acceptors (Lipinski definition) is 8. The third-order valence-electron chi connectivity index (χ3n) is 8.02. The molecule has 3 rings (SSSR count). The number of methoxy groups -OCH3 is 1. The first kappa shape index (κ1) is 35.0. The number of rotatable bonds is 15. The third kappa shape index (κ3) is 9.51. The van der Waals surface area contributed by atoms with Crippen molar-refractivity contribution < 1.29 is 28.7 Å². The molecule has 44 heavy (non-hydrogen) atoms. The number of carbonyl (C=O) groups is 4. The molecule has 2 aromatic heterocycles. The van der Waals surface area contributed by atoms with Crippen molar-refractivity contribution in [3.63, 3.8) is 0 Å². The molecule has 0 fully saturated rings. The normalized spacial score (nSPS) is 15.3. The fraction of sp³-hybridized carbons (Fsp3) is 0.606. The molecule has 0 bridgehead atoms. The van der Waals surface area contributed by atoms with E-state index in [0.29, 0.717) is 30.7 Å². The van der Waals surface area contributed by atoms with Crippen molar-refractivity contribution in [2.45, 2.75) is 98.3 Å². The fourth-order valence-electron chi connectivity index (χ4n) is 5.69. The van der Waals surface area contributed by atoms with E-state index in [0.717, 1.165) is 24.0 Å². The van der Waals surface area contributed by atoms with Crippen LogP contribution in [0.4, 0.5) is 0 Å². The summed E-state index contributed by atoms with van der Waals surface area (Å²) in [4.78, 5) is 60.4. The molecule has 11 heteroatoms. The van der Waals surface area contributed by atoms with E-state index in [2.05, 4.69) is 27.4 Å². The van der Waals surface area contributed by atoms with Gasteiger partial charge in [-0.1, -0.05) is 46.8 Å². The molecule has 10 nitrogen and oxygen atoms in total. The van der Waals surface area contributed by atoms with Gasteiger partial charge in [-0.2, -0.15) is 0 Å². The predicted molar refractivity (Wildman–Crippen MR) is 171 cm³/mol. The number of aromatic amines is 1. The monoisotopic (exact) mass is 628 g/mol. The van der Waals surface area contributed by atoms with Crippen LogP contribution in [0.1, 0.15) is 106 Å². The maximum atomic E-state index is 13.5. The van der Waals surface area contributed by atoms with Crippen molar-refractivity contribution in [1.29, 1.82) is 0 Å². The first-order valence-electron chi connectivity index (χ1n) is 15.4. The second-order valence-corrected chi connectivity index (χ2v) is 13.4. The van der Waals surface area contributed by atoms with Crippen LogP contribution < -0.4 is 5.32 Å². The molecule has 0 radical (unpaired) electrons. The Labute approximate surface area is 265 Å². The van der Waals surface area contributed by atoms with Gasteiger partial charge < -0.3 is 24.7 Å². The lowest BCUT2D eigenvalue weighted by atomic mass is 9.93. The zero-order valence-electron chi connectivity index (χ0n) is 27.3. The van der Waals surface area contributed by atoms with E-state index in [9.17, 15) is 19.2 Å². The van der Waals surface area contributed by atoms with E-state index in [1.165, 1.54) is 31.1 Å². The third-order valence-corrected chi connectivity index (χ3v) is 8.95. The highest BCUT2D eigenvalue weighted by Crippen LogP contribution is 2.31. The van der Waals surface area contributed by atoms with Crippen LogP contribution in [0.15, 0.2) is 17.7 Å². The van der Waals surface area contributed by atoms with Crippen LogP contribution in [-0.2, 0) is 36.7 Å². The SMILES string of the molecule is COC(=O)C(C)CC(Cc1c[nH]c2c1C=CCC2)NC(=O)c1csc(C(CC(C(C)C)N(C)C(=O)CC(C)C)OC(C)=O)n1. The standard InChI is InChI=1S/C33H48N4O6S/c1-19(2)13-30(39)37(7)28(20(3)4)16-29(43-22(6)38)32-36-27(18-44-32)31(40)35-24(14-21(5)33(41)42-8)15-23-17-34-26-12-10-9-11-25(23)26/h9,11,17-21,24,28-29,34H,10,12-16H2,1-8H3,(H,35,40). The molecule has 4 atom stereocenters. The molecule has 0 saturated carbocycles. The smallest absolute Gasteiger partial charge is 0.308 e. The summed E-state index contributed by atoms with van der Waals surface area (Å²) in [6, 6.07) is -0.551. The van der Waals surface area contributed by atoms with Crippen molar-refractivity contribution in [1.82, 2.24) is 20.2 Å². The Morgan fingerprint density at radius 1 is 1.14 bits per heavy atom. The van der Waals surface area contributed by atoms with E-state index >= 15 is 0 Å². The van der Waals surface area contributed by atoms with Gasteiger partial charge in [-0.25, -0.2) is 4.98 Å². The molecule has 0 spiro atoms. The van der Waals surface area contributed by atoms with Gasteiger partial charge in [0, 0.05) is 56.2 Å². The lowest BCUT2D eigenvalue weighted by Crippen LogP contribution is -2.42. The number of thiazole rings is 1. The lowest BCUT2D eigenvalue weighted by Gasteiger charge is -2.34. The second kappa shape index (κ2) is 16.0. The first-order chi connectivity index (χ1) is 20.8. The number of allylic oxidation sites excluding steroid dienone is 1. The van der Waals surface area contributed by atoms with Crippen LogP contribution in [0, 0.1) is 17.8 Å². The Kier molecular flexibility index (Phi) is 12.7. The zero-order valence-corrected chi connectivity index (χ0v) is 28.1. The van der Waals surface area contributed by atoms with E-state index in [4.69, 9.17) is 9.47 Å². The Bertz CT molecular complexity index is 1330. The largest absolute Gasteiger partial charge is 0.469 e. The minimum atomic E-state index is -0.714. The van der Waals surface area contributed by atoms with Crippen molar-refractivity contribution in [3.05, 3.63) is 45.2 Å². The number of carbonyl (C=O) groups excluding carboxylic acids is 4. The van der Waals surface area contributed by atoms with Crippen molar-refractivity contribution in [2.75, 3.05) is 14.2 Å². The highest BCUT2D eigenvalue weighted by molar-refractivity contribution is 7.09. The Morgan fingerprint density at radius 3 is 2.50 bits per heavy atom. The number of hydrogen-bond donors (Lipinski definition) is 2. The minimum absolute atomic E-state index is 0.0332. The summed E-state index contributed by atoms with van der Waals surface area (Å²) in [6.07, 6.45) is 9.13. The highest BCUT2D eigenvalue weighted by Gasteiger charge is 2.31. The number of aromatic nitrogens is 2. The summed E-state index contributed by atoms with van der Waals surface area (Å²) in [5.74, 6) is -1.23. The second-order valence-electron chi connectivity index (χ2n) is 12.5. The number of fused-ring (bicyclic) bond motifs is 1. The van der Waals surface area contributed by atoms with Gasteiger partial charge in [0.15, 0.2) is 6.10 Å². The maximum absolute atomic E-state index is 13.5. The van der Waals surface area contributed by atoms with Crippen molar-refractivity contribution in [2.24, 2.45) is 17.8 Å². The number of ether oxygens (including phenoxy) is 2. The Morgan fingerprint density at radius 2 is 1.86 bits per heavy atom. The number of nitrogens with zero attached hydrogens (tertiary/aromatic N) is 2. The molecule has 1 aliphatic rings. The van der Waals surface area contributed by atoms with Gasteiger partial charge in [-0.15, -0.1) is 11.3 Å². The number of nitrogens with one attached hydrogen (secondary N) is 2.